The molecule has 0 aromatic carbocycles. The first-order valence-corrected chi connectivity index (χ1v) is 4.34. The van der Waals surface area contributed by atoms with Crippen molar-refractivity contribution in [3.63, 3.8) is 0 Å². The molecule has 5 heteroatoms. The molecule has 0 spiro atoms. The molecule has 0 aliphatic carbocycles. The lowest BCUT2D eigenvalue weighted by Gasteiger charge is -2.05. The Balaban J connectivity index is 3.13. The van der Waals surface area contributed by atoms with Crippen LogP contribution in [0, 0.1) is 6.92 Å². The molecule has 0 aliphatic heterocycles. The molecule has 78 valence electrons. The average Bonchev–Trinajstić information content (AvgIpc) is 2.13. The molecule has 2 aromatic rings. The molecule has 0 amide bonds. The second-order valence-corrected chi connectivity index (χ2v) is 3.34. The van der Waals surface area contributed by atoms with Gasteiger partial charge in [-0.3, -0.25) is 4.79 Å². The maximum atomic E-state index is 11.7. The van der Waals surface area contributed by atoms with E-state index in [0.717, 1.165) is 6.07 Å². The third-order valence-electron chi connectivity index (χ3n) is 2.36. The fourth-order valence-electron chi connectivity index (χ4n) is 1.43. The van der Waals surface area contributed by atoms with Crippen LogP contribution in [0.4, 0.5) is 0 Å². The Kier molecular flexibility index (Phi) is 1.89. The van der Waals surface area contributed by atoms with Gasteiger partial charge in [-0.25, -0.2) is 4.79 Å². The summed E-state index contributed by atoms with van der Waals surface area (Å²) in [5.41, 5.74) is -0.291. The van der Waals surface area contributed by atoms with Crippen molar-refractivity contribution in [1.29, 1.82) is 0 Å². The molecule has 15 heavy (non-hydrogen) atoms. The van der Waals surface area contributed by atoms with Gasteiger partial charge in [0.1, 0.15) is 16.7 Å². The molecular formula is C10H9NO4. The molecule has 0 unspecified atom stereocenters. The molecule has 0 atom stereocenters. The van der Waals surface area contributed by atoms with Crippen molar-refractivity contribution in [2.24, 2.45) is 7.05 Å². The van der Waals surface area contributed by atoms with Crippen molar-refractivity contribution in [2.75, 3.05) is 0 Å². The Bertz CT molecular complexity index is 651. The van der Waals surface area contributed by atoms with E-state index in [1.54, 1.807) is 14.0 Å². The van der Waals surface area contributed by atoms with Crippen molar-refractivity contribution in [2.45, 2.75) is 6.92 Å². The zero-order chi connectivity index (χ0) is 11.2. The van der Waals surface area contributed by atoms with Gasteiger partial charge < -0.3 is 14.1 Å². The van der Waals surface area contributed by atoms with E-state index in [1.165, 1.54) is 10.6 Å². The van der Waals surface area contributed by atoms with Gasteiger partial charge in [-0.05, 0) is 6.92 Å². The highest BCUT2D eigenvalue weighted by Crippen LogP contribution is 2.18. The third kappa shape index (κ3) is 1.32. The molecule has 2 rings (SSSR count). The lowest BCUT2D eigenvalue weighted by molar-refractivity contribution is 0.466. The minimum absolute atomic E-state index is 0.0303. The topological polar surface area (TPSA) is 72.4 Å². The van der Waals surface area contributed by atoms with Crippen LogP contribution in [-0.4, -0.2) is 9.67 Å². The van der Waals surface area contributed by atoms with Crippen LogP contribution in [0.5, 0.6) is 5.75 Å². The van der Waals surface area contributed by atoms with Crippen LogP contribution in [0.25, 0.3) is 11.0 Å². The highest BCUT2D eigenvalue weighted by Gasteiger charge is 2.11. The summed E-state index contributed by atoms with van der Waals surface area (Å²) in [5, 5.41) is 9.51. The quantitative estimate of drug-likeness (QED) is 0.683. The summed E-state index contributed by atoms with van der Waals surface area (Å²) in [6.07, 6.45) is 0. The van der Waals surface area contributed by atoms with Crippen LogP contribution in [0.1, 0.15) is 5.69 Å². The van der Waals surface area contributed by atoms with E-state index in [4.69, 9.17) is 4.42 Å². The van der Waals surface area contributed by atoms with Crippen molar-refractivity contribution < 1.29 is 9.52 Å². The van der Waals surface area contributed by atoms with Crippen LogP contribution in [0.2, 0.25) is 0 Å². The number of nitrogens with zero attached hydrogens (tertiary/aromatic N) is 1. The number of pyridine rings is 1. The Morgan fingerprint density at radius 3 is 2.67 bits per heavy atom. The molecule has 1 N–H and O–H groups in total. The first-order chi connectivity index (χ1) is 7.00. The van der Waals surface area contributed by atoms with Crippen LogP contribution in [0.3, 0.4) is 0 Å². The van der Waals surface area contributed by atoms with Crippen LogP contribution in [-0.2, 0) is 7.05 Å². The summed E-state index contributed by atoms with van der Waals surface area (Å²) in [6, 6.07) is 2.43. The van der Waals surface area contributed by atoms with E-state index in [-0.39, 0.29) is 22.3 Å². The van der Waals surface area contributed by atoms with Crippen molar-refractivity contribution >= 4 is 11.0 Å². The van der Waals surface area contributed by atoms with Gasteiger partial charge in [-0.15, -0.1) is 0 Å². The van der Waals surface area contributed by atoms with Crippen molar-refractivity contribution in [3.05, 3.63) is 38.6 Å². The number of hydrogen-bond acceptors (Lipinski definition) is 4. The van der Waals surface area contributed by atoms with Gasteiger partial charge in [0.15, 0.2) is 0 Å². The van der Waals surface area contributed by atoms with Crippen LogP contribution in [0.15, 0.2) is 26.1 Å². The normalized spacial score (nSPS) is 10.8. The van der Waals surface area contributed by atoms with E-state index in [1.807, 2.05) is 0 Å². The molecule has 5 nitrogen and oxygen atoms in total. The zero-order valence-corrected chi connectivity index (χ0v) is 8.27. The second-order valence-electron chi connectivity index (χ2n) is 3.34. The fraction of sp³-hybridized carbons (Fsp3) is 0.200. The summed E-state index contributed by atoms with van der Waals surface area (Å²) < 4.78 is 6.21. The highest BCUT2D eigenvalue weighted by molar-refractivity contribution is 5.81. The first-order valence-electron chi connectivity index (χ1n) is 4.34. The van der Waals surface area contributed by atoms with Crippen molar-refractivity contribution in [3.8, 4) is 5.75 Å². The monoisotopic (exact) mass is 207 g/mol. The number of rotatable bonds is 0. The van der Waals surface area contributed by atoms with Crippen LogP contribution < -0.4 is 11.2 Å². The summed E-state index contributed by atoms with van der Waals surface area (Å²) in [6.45, 7) is 1.71. The van der Waals surface area contributed by atoms with E-state index in [9.17, 15) is 14.7 Å². The van der Waals surface area contributed by atoms with Crippen molar-refractivity contribution in [1.82, 2.24) is 4.57 Å². The summed E-state index contributed by atoms with van der Waals surface area (Å²) in [4.78, 5) is 22.7. The Labute approximate surface area is 84.2 Å². The number of aromatic nitrogens is 1. The Morgan fingerprint density at radius 2 is 2.00 bits per heavy atom. The van der Waals surface area contributed by atoms with E-state index in [0.29, 0.717) is 5.69 Å². The number of fused-ring (bicyclic) bond motifs is 1. The highest BCUT2D eigenvalue weighted by atomic mass is 16.4. The molecule has 0 aliphatic rings. The van der Waals surface area contributed by atoms with E-state index < -0.39 is 5.63 Å². The molecule has 0 saturated carbocycles. The van der Waals surface area contributed by atoms with Gasteiger partial charge in [0.2, 0.25) is 0 Å². The fourth-order valence-corrected chi connectivity index (χ4v) is 1.43. The van der Waals surface area contributed by atoms with Gasteiger partial charge in [-0.1, -0.05) is 0 Å². The predicted molar refractivity (Wildman–Crippen MR) is 54.1 cm³/mol. The molecule has 2 heterocycles. The second kappa shape index (κ2) is 2.98. The smallest absolute Gasteiger partial charge is 0.339 e. The van der Waals surface area contributed by atoms with E-state index in [2.05, 4.69) is 0 Å². The molecular weight excluding hydrogens is 198 g/mol. The maximum Gasteiger partial charge on any atom is 0.339 e. The minimum Gasteiger partial charge on any atom is -0.507 e. The Hall–Kier alpha value is -2.04. The standard InChI is InChI=1S/C10H9NO4/c1-5-3-7-9(10(14)11(5)2)6(12)4-8(13)15-7/h3-4,12H,1-2H3. The summed E-state index contributed by atoms with van der Waals surface area (Å²) >= 11 is 0. The lowest BCUT2D eigenvalue weighted by Crippen LogP contribution is -2.19. The SMILES string of the molecule is Cc1cc2oc(=O)cc(O)c2c(=O)n1C. The summed E-state index contributed by atoms with van der Waals surface area (Å²) in [7, 11) is 1.58. The molecule has 0 bridgehead atoms. The minimum atomic E-state index is -0.673. The van der Waals surface area contributed by atoms with Gasteiger partial charge in [0, 0.05) is 18.8 Å². The zero-order valence-electron chi connectivity index (χ0n) is 8.27. The number of hydrogen-bond donors (Lipinski definition) is 1. The molecule has 0 fully saturated rings. The first kappa shape index (κ1) is 9.51. The predicted octanol–water partition coefficient (Wildman–Crippen LogP) is 0.506. The van der Waals surface area contributed by atoms with E-state index >= 15 is 0 Å². The number of aryl methyl sites for hydroxylation is 1. The van der Waals surface area contributed by atoms with Crippen LogP contribution >= 0.6 is 0 Å². The third-order valence-corrected chi connectivity index (χ3v) is 2.36. The number of aromatic hydroxyl groups is 1. The largest absolute Gasteiger partial charge is 0.507 e. The molecule has 0 saturated heterocycles. The molecule has 2 aromatic heterocycles. The maximum absolute atomic E-state index is 11.7. The van der Waals surface area contributed by atoms with Gasteiger partial charge in [-0.2, -0.15) is 0 Å². The van der Waals surface area contributed by atoms with Gasteiger partial charge in [0.25, 0.3) is 5.56 Å². The molecule has 0 radical (unpaired) electrons. The van der Waals surface area contributed by atoms with Gasteiger partial charge in [0.05, 0.1) is 6.07 Å². The average molecular weight is 207 g/mol. The Morgan fingerprint density at radius 1 is 1.33 bits per heavy atom. The van der Waals surface area contributed by atoms with Gasteiger partial charge >= 0.3 is 5.63 Å². The lowest BCUT2D eigenvalue weighted by atomic mass is 10.2. The summed E-state index contributed by atoms with van der Waals surface area (Å²) in [5.74, 6) is -0.346.